The molecule has 1 amide bonds. The number of anilines is 1. The van der Waals surface area contributed by atoms with Crippen LogP contribution in [0.25, 0.3) is 0 Å². The Balaban J connectivity index is 2.69. The van der Waals surface area contributed by atoms with Gasteiger partial charge in [0.2, 0.25) is 5.91 Å². The molecule has 0 spiro atoms. The number of carbonyl (C=O) groups excluding carboxylic acids is 1. The molecule has 0 bridgehead atoms. The first-order chi connectivity index (χ1) is 8.93. The quantitative estimate of drug-likeness (QED) is 0.794. The van der Waals surface area contributed by atoms with Gasteiger partial charge in [0, 0.05) is 11.8 Å². The Labute approximate surface area is 123 Å². The van der Waals surface area contributed by atoms with E-state index in [1.165, 1.54) is 0 Å². The SMILES string of the molecule is CCC(C)Oc1cccc(NC(=O)C(Br)C(C)C)c1. The Bertz CT molecular complexity index is 420. The van der Waals surface area contributed by atoms with Crippen molar-refractivity contribution in [2.75, 3.05) is 5.32 Å². The van der Waals surface area contributed by atoms with Gasteiger partial charge in [0.05, 0.1) is 10.9 Å². The number of ether oxygens (including phenoxy) is 1. The van der Waals surface area contributed by atoms with Crippen molar-refractivity contribution < 1.29 is 9.53 Å². The zero-order valence-electron chi connectivity index (χ0n) is 11.9. The van der Waals surface area contributed by atoms with Crippen LogP contribution < -0.4 is 10.1 Å². The highest BCUT2D eigenvalue weighted by Gasteiger charge is 2.18. The molecule has 19 heavy (non-hydrogen) atoms. The van der Waals surface area contributed by atoms with Gasteiger partial charge in [-0.15, -0.1) is 0 Å². The van der Waals surface area contributed by atoms with Gasteiger partial charge in [-0.2, -0.15) is 0 Å². The average molecular weight is 328 g/mol. The van der Waals surface area contributed by atoms with Crippen LogP contribution in [0.2, 0.25) is 0 Å². The second-order valence-corrected chi connectivity index (χ2v) is 5.99. The molecule has 106 valence electrons. The summed E-state index contributed by atoms with van der Waals surface area (Å²) < 4.78 is 5.73. The van der Waals surface area contributed by atoms with Crippen LogP contribution >= 0.6 is 15.9 Å². The van der Waals surface area contributed by atoms with E-state index in [4.69, 9.17) is 4.74 Å². The van der Waals surface area contributed by atoms with Crippen LogP contribution in [0.4, 0.5) is 5.69 Å². The van der Waals surface area contributed by atoms with Gasteiger partial charge in [0.25, 0.3) is 0 Å². The predicted octanol–water partition coefficient (Wildman–Crippen LogP) is 4.22. The molecule has 0 aliphatic rings. The molecule has 2 unspecified atom stereocenters. The molecule has 1 N–H and O–H groups in total. The van der Waals surface area contributed by atoms with Gasteiger partial charge < -0.3 is 10.1 Å². The zero-order valence-corrected chi connectivity index (χ0v) is 13.5. The number of carbonyl (C=O) groups is 1. The number of nitrogens with one attached hydrogen (secondary N) is 1. The van der Waals surface area contributed by atoms with Crippen molar-refractivity contribution >= 4 is 27.5 Å². The third-order valence-corrected chi connectivity index (χ3v) is 4.32. The fourth-order valence-corrected chi connectivity index (χ4v) is 1.59. The van der Waals surface area contributed by atoms with Gasteiger partial charge in [0.1, 0.15) is 5.75 Å². The molecule has 0 radical (unpaired) electrons. The summed E-state index contributed by atoms with van der Waals surface area (Å²) in [5.41, 5.74) is 0.760. The minimum atomic E-state index is -0.188. The monoisotopic (exact) mass is 327 g/mol. The summed E-state index contributed by atoms with van der Waals surface area (Å²) in [6, 6.07) is 7.49. The lowest BCUT2D eigenvalue weighted by Gasteiger charge is -2.16. The lowest BCUT2D eigenvalue weighted by atomic mass is 10.1. The van der Waals surface area contributed by atoms with Crippen LogP contribution in [0.3, 0.4) is 0 Å². The van der Waals surface area contributed by atoms with Crippen molar-refractivity contribution in [3.8, 4) is 5.75 Å². The van der Waals surface area contributed by atoms with E-state index in [0.29, 0.717) is 0 Å². The molecule has 0 aliphatic heterocycles. The molecule has 2 atom stereocenters. The predicted molar refractivity (Wildman–Crippen MR) is 83.0 cm³/mol. The molecular weight excluding hydrogens is 306 g/mol. The Kier molecular flexibility index (Phi) is 6.35. The molecule has 1 aromatic rings. The van der Waals surface area contributed by atoms with Crippen molar-refractivity contribution in [2.45, 2.75) is 45.0 Å². The third-order valence-electron chi connectivity index (χ3n) is 2.85. The first-order valence-corrected chi connectivity index (χ1v) is 7.57. The summed E-state index contributed by atoms with van der Waals surface area (Å²) in [5, 5.41) is 2.89. The standard InChI is InChI=1S/C15H22BrNO2/c1-5-11(4)19-13-8-6-7-12(9-13)17-15(18)14(16)10(2)3/h6-11,14H,5H2,1-4H3,(H,17,18). The van der Waals surface area contributed by atoms with E-state index in [2.05, 4.69) is 28.2 Å². The molecule has 0 heterocycles. The van der Waals surface area contributed by atoms with Crippen LogP contribution in [0.5, 0.6) is 5.75 Å². The molecule has 3 nitrogen and oxygen atoms in total. The maximum atomic E-state index is 11.9. The topological polar surface area (TPSA) is 38.3 Å². The minimum absolute atomic E-state index is 0.0318. The smallest absolute Gasteiger partial charge is 0.238 e. The fraction of sp³-hybridized carbons (Fsp3) is 0.533. The Morgan fingerprint density at radius 2 is 2.05 bits per heavy atom. The van der Waals surface area contributed by atoms with E-state index in [1.54, 1.807) is 0 Å². The van der Waals surface area contributed by atoms with E-state index in [-0.39, 0.29) is 22.8 Å². The van der Waals surface area contributed by atoms with E-state index < -0.39 is 0 Å². The van der Waals surface area contributed by atoms with Crippen LogP contribution in [0, 0.1) is 5.92 Å². The zero-order chi connectivity index (χ0) is 14.4. The molecular formula is C15H22BrNO2. The molecule has 1 rings (SSSR count). The number of alkyl halides is 1. The second-order valence-electron chi connectivity index (χ2n) is 5.00. The molecule has 0 fully saturated rings. The minimum Gasteiger partial charge on any atom is -0.491 e. The summed E-state index contributed by atoms with van der Waals surface area (Å²) in [4.78, 5) is 11.8. The Morgan fingerprint density at radius 3 is 2.63 bits per heavy atom. The number of benzene rings is 1. The summed E-state index contributed by atoms with van der Waals surface area (Å²) in [5.74, 6) is 0.998. The maximum absolute atomic E-state index is 11.9. The molecule has 0 saturated carbocycles. The Hall–Kier alpha value is -1.03. The third kappa shape index (κ3) is 5.23. The van der Waals surface area contributed by atoms with E-state index in [0.717, 1.165) is 17.9 Å². The van der Waals surface area contributed by atoms with Gasteiger partial charge in [-0.05, 0) is 31.4 Å². The molecule has 1 aromatic carbocycles. The Morgan fingerprint density at radius 1 is 1.37 bits per heavy atom. The second kappa shape index (κ2) is 7.53. The summed E-state index contributed by atoms with van der Waals surface area (Å²) in [6.07, 6.45) is 1.12. The van der Waals surface area contributed by atoms with Gasteiger partial charge in [-0.3, -0.25) is 4.79 Å². The van der Waals surface area contributed by atoms with Gasteiger partial charge in [0.15, 0.2) is 0 Å². The molecule has 0 aromatic heterocycles. The summed E-state index contributed by atoms with van der Waals surface area (Å²) >= 11 is 3.39. The van der Waals surface area contributed by atoms with Crippen molar-refractivity contribution in [1.82, 2.24) is 0 Å². The van der Waals surface area contributed by atoms with Crippen LogP contribution in [-0.2, 0) is 4.79 Å². The van der Waals surface area contributed by atoms with Crippen LogP contribution in [0.15, 0.2) is 24.3 Å². The van der Waals surface area contributed by atoms with Crippen molar-refractivity contribution in [2.24, 2.45) is 5.92 Å². The summed E-state index contributed by atoms with van der Waals surface area (Å²) in [7, 11) is 0. The van der Waals surface area contributed by atoms with Gasteiger partial charge >= 0.3 is 0 Å². The fourth-order valence-electron chi connectivity index (χ4n) is 1.48. The normalized spacial score (nSPS) is 14.0. The van der Waals surface area contributed by atoms with Crippen LogP contribution in [0.1, 0.15) is 34.1 Å². The first kappa shape index (κ1) is 16.0. The number of hydrogen-bond acceptors (Lipinski definition) is 2. The lowest BCUT2D eigenvalue weighted by Crippen LogP contribution is -2.26. The average Bonchev–Trinajstić information content (AvgIpc) is 2.37. The lowest BCUT2D eigenvalue weighted by molar-refractivity contribution is -0.116. The van der Waals surface area contributed by atoms with Crippen molar-refractivity contribution in [3.05, 3.63) is 24.3 Å². The van der Waals surface area contributed by atoms with Crippen molar-refractivity contribution in [3.63, 3.8) is 0 Å². The number of halogens is 1. The number of amides is 1. The van der Waals surface area contributed by atoms with E-state index in [1.807, 2.05) is 45.0 Å². The van der Waals surface area contributed by atoms with E-state index >= 15 is 0 Å². The highest BCUT2D eigenvalue weighted by molar-refractivity contribution is 9.10. The number of rotatable bonds is 6. The van der Waals surface area contributed by atoms with Gasteiger partial charge in [-0.1, -0.05) is 42.8 Å². The number of hydrogen-bond donors (Lipinski definition) is 1. The molecule has 4 heteroatoms. The van der Waals surface area contributed by atoms with Crippen molar-refractivity contribution in [1.29, 1.82) is 0 Å². The van der Waals surface area contributed by atoms with E-state index in [9.17, 15) is 4.79 Å². The highest BCUT2D eigenvalue weighted by Crippen LogP contribution is 2.21. The molecule has 0 saturated heterocycles. The largest absolute Gasteiger partial charge is 0.491 e. The maximum Gasteiger partial charge on any atom is 0.238 e. The highest BCUT2D eigenvalue weighted by atomic mass is 79.9. The van der Waals surface area contributed by atoms with Gasteiger partial charge in [-0.25, -0.2) is 0 Å². The first-order valence-electron chi connectivity index (χ1n) is 6.65. The molecule has 0 aliphatic carbocycles. The van der Waals surface area contributed by atoms with Crippen LogP contribution in [-0.4, -0.2) is 16.8 Å². The summed E-state index contributed by atoms with van der Waals surface area (Å²) in [6.45, 7) is 8.11.